The Morgan fingerprint density at radius 3 is 3.00 bits per heavy atom. The Balaban J connectivity index is 2.53. The molecule has 1 aromatic heterocycles. The van der Waals surface area contributed by atoms with E-state index in [2.05, 4.69) is 10.4 Å². The van der Waals surface area contributed by atoms with Gasteiger partial charge in [0.2, 0.25) is 5.91 Å². The van der Waals surface area contributed by atoms with Crippen molar-refractivity contribution >= 4 is 11.7 Å². The van der Waals surface area contributed by atoms with E-state index >= 15 is 0 Å². The number of nitrogens with zero attached hydrogens (tertiary/aromatic N) is 2. The molecule has 0 radical (unpaired) electrons. The molecule has 1 atom stereocenters. The lowest BCUT2D eigenvalue weighted by molar-refractivity contribution is -0.119. The van der Waals surface area contributed by atoms with Crippen molar-refractivity contribution in [1.82, 2.24) is 9.78 Å². The summed E-state index contributed by atoms with van der Waals surface area (Å²) in [5.41, 5.74) is 5.37. The smallest absolute Gasteiger partial charge is 0.228 e. The van der Waals surface area contributed by atoms with Crippen LogP contribution in [0.1, 0.15) is 13.3 Å². The van der Waals surface area contributed by atoms with Crippen LogP contribution in [0.15, 0.2) is 12.3 Å². The van der Waals surface area contributed by atoms with Crippen molar-refractivity contribution in [2.24, 2.45) is 18.7 Å². The fraction of sp³-hybridized carbons (Fsp3) is 0.556. The summed E-state index contributed by atoms with van der Waals surface area (Å²) in [5, 5.41) is 6.73. The molecular formula is C9H16N4O. The summed E-state index contributed by atoms with van der Waals surface area (Å²) in [4.78, 5) is 11.5. The number of nitrogens with one attached hydrogen (secondary N) is 1. The van der Waals surface area contributed by atoms with Gasteiger partial charge in [-0.05, 0) is 13.0 Å². The number of amides is 1. The number of hydrogen-bond donors (Lipinski definition) is 2. The first kappa shape index (κ1) is 10.7. The lowest BCUT2D eigenvalue weighted by atomic mass is 10.1. The van der Waals surface area contributed by atoms with Gasteiger partial charge in [0.15, 0.2) is 0 Å². The summed E-state index contributed by atoms with van der Waals surface area (Å²) in [6.45, 7) is 2.39. The van der Waals surface area contributed by atoms with Crippen LogP contribution in [-0.2, 0) is 11.8 Å². The van der Waals surface area contributed by atoms with E-state index in [0.29, 0.717) is 18.8 Å². The van der Waals surface area contributed by atoms with Gasteiger partial charge in [0, 0.05) is 19.0 Å². The molecule has 0 bridgehead atoms. The normalized spacial score (nSPS) is 12.5. The molecule has 0 aliphatic rings. The summed E-state index contributed by atoms with van der Waals surface area (Å²) in [5.74, 6) is 0.632. The molecule has 0 saturated heterocycles. The van der Waals surface area contributed by atoms with Crippen molar-refractivity contribution < 1.29 is 4.79 Å². The Morgan fingerprint density at radius 1 is 1.79 bits per heavy atom. The number of carbonyl (C=O) groups excluding carboxylic acids is 1. The molecule has 0 spiro atoms. The van der Waals surface area contributed by atoms with Crippen LogP contribution in [0, 0.1) is 5.92 Å². The Labute approximate surface area is 83.3 Å². The first-order chi connectivity index (χ1) is 6.65. The summed E-state index contributed by atoms with van der Waals surface area (Å²) in [7, 11) is 1.78. The fourth-order valence-corrected chi connectivity index (χ4v) is 1.13. The van der Waals surface area contributed by atoms with E-state index in [-0.39, 0.29) is 11.8 Å². The summed E-state index contributed by atoms with van der Waals surface area (Å²) in [6, 6.07) is 1.76. The Kier molecular flexibility index (Phi) is 3.64. The van der Waals surface area contributed by atoms with Gasteiger partial charge in [-0.25, -0.2) is 0 Å². The highest BCUT2D eigenvalue weighted by atomic mass is 16.1. The molecule has 0 aromatic carbocycles. The summed E-state index contributed by atoms with van der Waals surface area (Å²) >= 11 is 0. The zero-order chi connectivity index (χ0) is 10.6. The Bertz CT molecular complexity index is 308. The molecule has 1 unspecified atom stereocenters. The van der Waals surface area contributed by atoms with Gasteiger partial charge in [-0.1, -0.05) is 6.92 Å². The Morgan fingerprint density at radius 2 is 2.50 bits per heavy atom. The molecule has 1 amide bonds. The molecule has 5 heteroatoms. The van der Waals surface area contributed by atoms with E-state index in [1.165, 1.54) is 0 Å². The van der Waals surface area contributed by atoms with Crippen molar-refractivity contribution in [3.05, 3.63) is 12.3 Å². The van der Waals surface area contributed by atoms with Crippen LogP contribution in [0.4, 0.5) is 5.82 Å². The van der Waals surface area contributed by atoms with E-state index in [4.69, 9.17) is 5.73 Å². The molecule has 1 rings (SSSR count). The number of nitrogens with two attached hydrogens (primary N) is 1. The minimum Gasteiger partial charge on any atom is -0.330 e. The number of hydrogen-bond acceptors (Lipinski definition) is 3. The molecule has 0 aliphatic carbocycles. The second kappa shape index (κ2) is 4.76. The molecule has 78 valence electrons. The average molecular weight is 196 g/mol. The molecule has 5 nitrogen and oxygen atoms in total. The standard InChI is InChI=1S/C9H16N4O/c1-7(3-5-10)9(14)12-8-4-6-11-13(8)2/h4,6-7H,3,5,10H2,1-2H3,(H,12,14). The van der Waals surface area contributed by atoms with Crippen LogP contribution in [-0.4, -0.2) is 22.2 Å². The van der Waals surface area contributed by atoms with Crippen LogP contribution in [0.2, 0.25) is 0 Å². The second-order valence-corrected chi connectivity index (χ2v) is 3.31. The number of aromatic nitrogens is 2. The van der Waals surface area contributed by atoms with Gasteiger partial charge in [-0.15, -0.1) is 0 Å². The van der Waals surface area contributed by atoms with Gasteiger partial charge >= 0.3 is 0 Å². The second-order valence-electron chi connectivity index (χ2n) is 3.31. The minimum absolute atomic E-state index is 0.0148. The molecular weight excluding hydrogens is 180 g/mol. The third kappa shape index (κ3) is 2.56. The van der Waals surface area contributed by atoms with E-state index in [1.54, 1.807) is 24.0 Å². The van der Waals surface area contributed by atoms with Crippen LogP contribution in [0.3, 0.4) is 0 Å². The number of aryl methyl sites for hydroxylation is 1. The maximum absolute atomic E-state index is 11.5. The quantitative estimate of drug-likeness (QED) is 0.729. The van der Waals surface area contributed by atoms with Gasteiger partial charge in [0.25, 0.3) is 0 Å². The maximum atomic E-state index is 11.5. The third-order valence-electron chi connectivity index (χ3n) is 2.12. The van der Waals surface area contributed by atoms with E-state index < -0.39 is 0 Å². The zero-order valence-electron chi connectivity index (χ0n) is 8.53. The first-order valence-electron chi connectivity index (χ1n) is 4.64. The van der Waals surface area contributed by atoms with Gasteiger partial charge in [-0.3, -0.25) is 9.48 Å². The van der Waals surface area contributed by atoms with Crippen LogP contribution in [0.25, 0.3) is 0 Å². The van der Waals surface area contributed by atoms with Gasteiger partial charge in [-0.2, -0.15) is 5.10 Å². The number of carbonyl (C=O) groups is 1. The molecule has 0 fully saturated rings. The Hall–Kier alpha value is -1.36. The lowest BCUT2D eigenvalue weighted by Crippen LogP contribution is -2.23. The van der Waals surface area contributed by atoms with Gasteiger partial charge in [0.05, 0.1) is 6.20 Å². The predicted octanol–water partition coefficient (Wildman–Crippen LogP) is 0.343. The minimum atomic E-state index is -0.0603. The maximum Gasteiger partial charge on any atom is 0.228 e. The van der Waals surface area contributed by atoms with Crippen LogP contribution < -0.4 is 11.1 Å². The predicted molar refractivity (Wildman–Crippen MR) is 54.7 cm³/mol. The highest BCUT2D eigenvalue weighted by Crippen LogP contribution is 2.08. The number of rotatable bonds is 4. The molecule has 3 N–H and O–H groups in total. The highest BCUT2D eigenvalue weighted by molar-refractivity contribution is 5.91. The van der Waals surface area contributed by atoms with Crippen molar-refractivity contribution in [3.8, 4) is 0 Å². The summed E-state index contributed by atoms with van der Waals surface area (Å²) in [6.07, 6.45) is 2.34. The average Bonchev–Trinajstić information content (AvgIpc) is 2.52. The molecule has 14 heavy (non-hydrogen) atoms. The van der Waals surface area contributed by atoms with Gasteiger partial charge in [0.1, 0.15) is 5.82 Å². The van der Waals surface area contributed by atoms with E-state index in [9.17, 15) is 4.79 Å². The highest BCUT2D eigenvalue weighted by Gasteiger charge is 2.12. The van der Waals surface area contributed by atoms with Crippen molar-refractivity contribution in [2.45, 2.75) is 13.3 Å². The molecule has 1 heterocycles. The zero-order valence-corrected chi connectivity index (χ0v) is 8.53. The van der Waals surface area contributed by atoms with Crippen molar-refractivity contribution in [2.75, 3.05) is 11.9 Å². The van der Waals surface area contributed by atoms with E-state index in [0.717, 1.165) is 0 Å². The van der Waals surface area contributed by atoms with Crippen molar-refractivity contribution in [1.29, 1.82) is 0 Å². The third-order valence-corrected chi connectivity index (χ3v) is 2.12. The van der Waals surface area contributed by atoms with E-state index in [1.807, 2.05) is 6.92 Å². The SMILES string of the molecule is CC(CCN)C(=O)Nc1ccnn1C. The molecule has 1 aromatic rings. The largest absolute Gasteiger partial charge is 0.330 e. The monoisotopic (exact) mass is 196 g/mol. The number of anilines is 1. The topological polar surface area (TPSA) is 72.9 Å². The molecule has 0 aliphatic heterocycles. The summed E-state index contributed by atoms with van der Waals surface area (Å²) < 4.78 is 1.62. The van der Waals surface area contributed by atoms with Crippen LogP contribution in [0.5, 0.6) is 0 Å². The van der Waals surface area contributed by atoms with Crippen molar-refractivity contribution in [3.63, 3.8) is 0 Å². The fourth-order valence-electron chi connectivity index (χ4n) is 1.13. The first-order valence-corrected chi connectivity index (χ1v) is 4.64. The lowest BCUT2D eigenvalue weighted by Gasteiger charge is -2.10. The molecule has 0 saturated carbocycles. The van der Waals surface area contributed by atoms with Crippen LogP contribution >= 0.6 is 0 Å². The van der Waals surface area contributed by atoms with Gasteiger partial charge < -0.3 is 11.1 Å².